The second-order valence-corrected chi connectivity index (χ2v) is 12.8. The Balaban J connectivity index is 4.08. The van der Waals surface area contributed by atoms with E-state index in [9.17, 15) is 24.1 Å². The van der Waals surface area contributed by atoms with Gasteiger partial charge in [0, 0.05) is 12.8 Å². The zero-order chi connectivity index (χ0) is 28.1. The average molecular weight is 543 g/mol. The second-order valence-electron chi connectivity index (χ2n) is 11.2. The van der Waals surface area contributed by atoms with E-state index in [1.165, 1.54) is 90.4 Å². The molecular weight excluding hydrogens is 485 g/mol. The molecule has 0 saturated carbocycles. The van der Waals surface area contributed by atoms with Gasteiger partial charge in [-0.2, -0.15) is 0 Å². The van der Waals surface area contributed by atoms with Crippen molar-refractivity contribution in [1.29, 1.82) is 0 Å². The molecular formula is C30H57NO5P+. The Morgan fingerprint density at radius 2 is 1.05 bits per heavy atom. The molecule has 0 fully saturated rings. The van der Waals surface area contributed by atoms with Gasteiger partial charge < -0.3 is 4.89 Å². The maximum atomic E-state index is 12.7. The van der Waals surface area contributed by atoms with Gasteiger partial charge in [-0.1, -0.05) is 110 Å². The van der Waals surface area contributed by atoms with Crippen LogP contribution in [0.25, 0.3) is 0 Å². The van der Waals surface area contributed by atoms with Crippen LogP contribution in [-0.4, -0.2) is 52.3 Å². The minimum absolute atomic E-state index is 0.0414. The predicted octanol–water partition coefficient (Wildman–Crippen LogP) is 7.83. The fourth-order valence-corrected chi connectivity index (χ4v) is 5.56. The number of ketones is 1. The molecule has 0 aromatic carbocycles. The molecule has 1 N–H and O–H groups in total. The number of rotatable bonds is 25. The topological polar surface area (TPSA) is 88.5 Å². The van der Waals surface area contributed by atoms with E-state index < -0.39 is 25.2 Å². The van der Waals surface area contributed by atoms with E-state index in [0.29, 0.717) is 6.42 Å². The van der Waals surface area contributed by atoms with Crippen LogP contribution in [-0.2, 0) is 19.2 Å². The molecule has 0 aromatic rings. The van der Waals surface area contributed by atoms with E-state index >= 15 is 0 Å². The number of hydrogen-bond donors (Lipinski definition) is 1. The van der Waals surface area contributed by atoms with Gasteiger partial charge >= 0.3 is 5.91 Å². The van der Waals surface area contributed by atoms with Gasteiger partial charge in [0.15, 0.2) is 19.2 Å². The van der Waals surface area contributed by atoms with Crippen molar-refractivity contribution in [3.05, 3.63) is 0 Å². The summed E-state index contributed by atoms with van der Waals surface area (Å²) in [5, 5.41) is 0. The Bertz CT molecular complexity index is 664. The highest BCUT2D eigenvalue weighted by molar-refractivity contribution is 7.84. The third-order valence-corrected chi connectivity index (χ3v) is 9.13. The van der Waals surface area contributed by atoms with E-state index in [-0.39, 0.29) is 35.4 Å². The Hall–Kier alpha value is -0.970. The number of Topliss-reactive ketones (excluding diaryl/α,β-unsaturated/α-hetero) is 1. The quantitative estimate of drug-likeness (QED) is 0.0721. The van der Waals surface area contributed by atoms with E-state index in [4.69, 9.17) is 0 Å². The normalized spacial score (nSPS) is 13.4. The highest BCUT2D eigenvalue weighted by Crippen LogP contribution is 2.36. The molecule has 0 aliphatic carbocycles. The van der Waals surface area contributed by atoms with Gasteiger partial charge in [0.05, 0.1) is 33.9 Å². The van der Waals surface area contributed by atoms with Crippen LogP contribution in [0, 0.1) is 0 Å². The summed E-state index contributed by atoms with van der Waals surface area (Å²) in [5.41, 5.74) is -1.01. The van der Waals surface area contributed by atoms with Crippen molar-refractivity contribution in [1.82, 2.24) is 0 Å². The van der Waals surface area contributed by atoms with Crippen LogP contribution in [0.4, 0.5) is 0 Å². The van der Waals surface area contributed by atoms with Gasteiger partial charge in [-0.15, -0.1) is 0 Å². The zero-order valence-corrected chi connectivity index (χ0v) is 25.6. The first kappa shape index (κ1) is 36.0. The lowest BCUT2D eigenvalue weighted by Crippen LogP contribution is -2.53. The predicted molar refractivity (Wildman–Crippen MR) is 154 cm³/mol. The number of unbranched alkanes of at least 4 members (excludes halogenated alkanes) is 15. The minimum atomic E-state index is -2.37. The lowest BCUT2D eigenvalue weighted by atomic mass is 9.99. The van der Waals surface area contributed by atoms with Crippen LogP contribution in [0.5, 0.6) is 0 Å². The molecule has 37 heavy (non-hydrogen) atoms. The van der Waals surface area contributed by atoms with Gasteiger partial charge in [0.25, 0.3) is 0 Å². The molecule has 0 aliphatic heterocycles. The molecule has 0 radical (unpaired) electrons. The summed E-state index contributed by atoms with van der Waals surface area (Å²) in [4.78, 5) is 59.0. The summed E-state index contributed by atoms with van der Waals surface area (Å²) in [6.07, 6.45) is 21.0. The van der Waals surface area contributed by atoms with Crippen LogP contribution in [0.2, 0.25) is 0 Å². The maximum Gasteiger partial charge on any atom is 0.310 e. The largest absolute Gasteiger partial charge is 0.360 e. The summed E-state index contributed by atoms with van der Waals surface area (Å²) >= 11 is 0. The molecule has 0 aliphatic rings. The zero-order valence-electron chi connectivity index (χ0n) is 24.7. The number of nitrogens with zero attached hydrogens (tertiary/aromatic N) is 1. The van der Waals surface area contributed by atoms with Crippen LogP contribution in [0.1, 0.15) is 149 Å². The third-order valence-electron chi connectivity index (χ3n) is 7.68. The first-order valence-electron chi connectivity index (χ1n) is 15.0. The van der Waals surface area contributed by atoms with Crippen LogP contribution in [0.15, 0.2) is 0 Å². The van der Waals surface area contributed by atoms with E-state index in [2.05, 4.69) is 6.92 Å². The lowest BCUT2D eigenvalue weighted by Gasteiger charge is -2.34. The second kappa shape index (κ2) is 21.9. The monoisotopic (exact) mass is 542 g/mol. The van der Waals surface area contributed by atoms with Gasteiger partial charge in [0.2, 0.25) is 0 Å². The number of hydrogen-bond acceptors (Lipinski definition) is 5. The summed E-state index contributed by atoms with van der Waals surface area (Å²) in [6, 6.07) is -0.555. The van der Waals surface area contributed by atoms with Crippen molar-refractivity contribution in [3.63, 3.8) is 0 Å². The molecule has 2 unspecified atom stereocenters. The van der Waals surface area contributed by atoms with E-state index in [1.54, 1.807) is 21.0 Å². The summed E-state index contributed by atoms with van der Waals surface area (Å²) in [7, 11) is 1.00. The van der Waals surface area contributed by atoms with Gasteiger partial charge in [0.1, 0.15) is 11.8 Å². The number of carbonyl (C=O) groups is 4. The van der Waals surface area contributed by atoms with Crippen LogP contribution >= 0.6 is 8.15 Å². The molecule has 0 heterocycles. The molecule has 0 bridgehead atoms. The standard InChI is InChI=1S/C30H57NO5P/c1-6-8-9-10-11-12-13-14-15-16-17-18-19-20-21-22-23-28(33)24-27(31(4,5)26(3)32)25-30(35)37(36)29(34)7-2/h27,36H,6-25H2,1-5H3/q+1. The molecule has 6 nitrogen and oxygen atoms in total. The molecule has 7 heteroatoms. The molecule has 0 saturated heterocycles. The lowest BCUT2D eigenvalue weighted by molar-refractivity contribution is -0.838. The van der Waals surface area contributed by atoms with Crippen molar-refractivity contribution in [2.75, 3.05) is 14.1 Å². The Kier molecular flexibility index (Phi) is 21.3. The fourth-order valence-electron chi connectivity index (χ4n) is 4.60. The maximum absolute atomic E-state index is 12.7. The number of carbonyl (C=O) groups excluding carboxylic acids is 4. The minimum Gasteiger partial charge on any atom is -0.360 e. The Labute approximate surface area is 228 Å². The third kappa shape index (κ3) is 17.3. The van der Waals surface area contributed by atoms with E-state index in [1.807, 2.05) is 0 Å². The van der Waals surface area contributed by atoms with Crippen molar-refractivity contribution in [2.45, 2.75) is 155 Å². The first-order valence-corrected chi connectivity index (χ1v) is 16.3. The Morgan fingerprint density at radius 3 is 1.43 bits per heavy atom. The molecule has 0 rings (SSSR count). The van der Waals surface area contributed by atoms with Gasteiger partial charge in [-0.05, 0) is 6.42 Å². The summed E-state index contributed by atoms with van der Waals surface area (Å²) in [6.45, 7) is 5.31. The smallest absolute Gasteiger partial charge is 0.310 e. The molecule has 0 aromatic heterocycles. The number of quaternary nitrogens is 1. The van der Waals surface area contributed by atoms with Crippen molar-refractivity contribution >= 4 is 30.9 Å². The SMILES string of the molecule is CCCCCCCCCCCCCCCCCCC(=O)CC(CC(=O)P(O)C(=O)CC)[N+](C)(C)C(C)=O. The highest BCUT2D eigenvalue weighted by Gasteiger charge is 2.38. The van der Waals surface area contributed by atoms with Gasteiger partial charge in [-0.3, -0.25) is 18.9 Å². The Morgan fingerprint density at radius 1 is 0.649 bits per heavy atom. The van der Waals surface area contributed by atoms with Crippen molar-refractivity contribution in [3.8, 4) is 0 Å². The number of amides is 1. The average Bonchev–Trinajstić information content (AvgIpc) is 2.86. The van der Waals surface area contributed by atoms with Crippen molar-refractivity contribution in [2.24, 2.45) is 0 Å². The molecule has 216 valence electrons. The van der Waals surface area contributed by atoms with Gasteiger partial charge in [-0.25, -0.2) is 4.79 Å². The fraction of sp³-hybridized carbons (Fsp3) is 0.867. The first-order chi connectivity index (χ1) is 17.6. The summed E-state index contributed by atoms with van der Waals surface area (Å²) < 4.78 is -0.111. The molecule has 1 amide bonds. The highest BCUT2D eigenvalue weighted by atomic mass is 31.1. The van der Waals surface area contributed by atoms with E-state index in [0.717, 1.165) is 19.3 Å². The van der Waals surface area contributed by atoms with Crippen LogP contribution < -0.4 is 0 Å². The molecule has 2 atom stereocenters. The molecule has 0 spiro atoms. The summed E-state index contributed by atoms with van der Waals surface area (Å²) in [5.74, 6) is -0.114. The van der Waals surface area contributed by atoms with Crippen molar-refractivity contribution < 1.29 is 28.6 Å². The van der Waals surface area contributed by atoms with Crippen LogP contribution in [0.3, 0.4) is 0 Å².